The highest BCUT2D eigenvalue weighted by atomic mass is 16.5. The van der Waals surface area contributed by atoms with Gasteiger partial charge in [0.25, 0.3) is 0 Å². The maximum absolute atomic E-state index is 10.2. The normalized spacial score (nSPS) is 11.1. The molecule has 0 bridgehead atoms. The number of carboxylic acid groups (broad SMARTS) is 1. The lowest BCUT2D eigenvalue weighted by Gasteiger charge is -2.06. The minimum Gasteiger partial charge on any atom is -0.489 e. The highest BCUT2D eigenvalue weighted by Gasteiger charge is 1.97. The Balaban J connectivity index is 2.63. The Hall–Kier alpha value is -2.03. The molecule has 1 aromatic carbocycles. The van der Waals surface area contributed by atoms with Crippen LogP contribution >= 0.6 is 0 Å². The molecule has 0 aliphatic rings. The smallest absolute Gasteiger partial charge is 0.328 e. The summed E-state index contributed by atoms with van der Waals surface area (Å²) in [5, 5.41) is 8.40. The van der Waals surface area contributed by atoms with Crippen LogP contribution in [0.3, 0.4) is 0 Å². The van der Waals surface area contributed by atoms with E-state index in [0.29, 0.717) is 0 Å². The first-order valence-corrected chi connectivity index (χ1v) is 4.98. The molecule has 1 aromatic rings. The van der Waals surface area contributed by atoms with Gasteiger partial charge in [0.15, 0.2) is 0 Å². The van der Waals surface area contributed by atoms with Crippen LogP contribution in [0.15, 0.2) is 42.5 Å². The van der Waals surface area contributed by atoms with Crippen molar-refractivity contribution in [1.29, 1.82) is 0 Å². The van der Waals surface area contributed by atoms with Crippen LogP contribution in [0.25, 0.3) is 6.08 Å². The lowest BCUT2D eigenvalue weighted by atomic mass is 10.2. The summed E-state index contributed by atoms with van der Waals surface area (Å²) in [6.45, 7) is 2.18. The monoisotopic (exact) mass is 218 g/mol. The van der Waals surface area contributed by atoms with Gasteiger partial charge in [-0.05, 0) is 19.1 Å². The van der Waals surface area contributed by atoms with Gasteiger partial charge in [-0.1, -0.05) is 30.4 Å². The van der Waals surface area contributed by atoms with Crippen LogP contribution < -0.4 is 4.74 Å². The fourth-order valence-corrected chi connectivity index (χ4v) is 1.22. The fraction of sp³-hybridized carbons (Fsp3) is 0.154. The van der Waals surface area contributed by atoms with E-state index in [4.69, 9.17) is 9.84 Å². The molecule has 3 nitrogen and oxygen atoms in total. The van der Waals surface area contributed by atoms with Gasteiger partial charge in [0.1, 0.15) is 12.4 Å². The van der Waals surface area contributed by atoms with Gasteiger partial charge in [-0.15, -0.1) is 0 Å². The number of carboxylic acids is 1. The Kier molecular flexibility index (Phi) is 4.86. The van der Waals surface area contributed by atoms with Crippen LogP contribution in [0, 0.1) is 0 Å². The molecule has 84 valence electrons. The lowest BCUT2D eigenvalue weighted by Crippen LogP contribution is -1.96. The molecule has 3 heteroatoms. The number of allylic oxidation sites excluding steroid dienone is 1. The molecule has 1 N–H and O–H groups in total. The minimum absolute atomic E-state index is 0.251. The predicted octanol–water partition coefficient (Wildman–Crippen LogP) is 2.74. The largest absolute Gasteiger partial charge is 0.489 e. The predicted molar refractivity (Wildman–Crippen MR) is 63.4 cm³/mol. The summed E-state index contributed by atoms with van der Waals surface area (Å²) in [6, 6.07) is 7.60. The number of para-hydroxylation sites is 1. The van der Waals surface area contributed by atoms with Crippen molar-refractivity contribution in [3.63, 3.8) is 0 Å². The molecule has 0 atom stereocenters. The zero-order chi connectivity index (χ0) is 11.8. The van der Waals surface area contributed by atoms with Gasteiger partial charge in [0.05, 0.1) is 0 Å². The maximum atomic E-state index is 10.2. The molecule has 1 rings (SSSR count). The standard InChI is InChI=1S/C13H14O3/c1-2-6-11-7-3-4-8-12(11)16-10-5-9-13(14)15/h2-9H,10H2,1H3,(H,14,15). The van der Waals surface area contributed by atoms with E-state index < -0.39 is 5.97 Å². The summed E-state index contributed by atoms with van der Waals surface area (Å²) >= 11 is 0. The van der Waals surface area contributed by atoms with Gasteiger partial charge in [0.2, 0.25) is 0 Å². The second-order valence-corrected chi connectivity index (χ2v) is 3.09. The van der Waals surface area contributed by atoms with E-state index in [0.717, 1.165) is 17.4 Å². The topological polar surface area (TPSA) is 46.5 Å². The second-order valence-electron chi connectivity index (χ2n) is 3.09. The van der Waals surface area contributed by atoms with E-state index in [1.807, 2.05) is 43.3 Å². The number of benzene rings is 1. The number of hydrogen-bond acceptors (Lipinski definition) is 2. The van der Waals surface area contributed by atoms with Crippen molar-refractivity contribution < 1.29 is 14.6 Å². The molecule has 0 aromatic heterocycles. The van der Waals surface area contributed by atoms with Crippen molar-refractivity contribution in [3.05, 3.63) is 48.1 Å². The number of carbonyl (C=O) groups is 1. The van der Waals surface area contributed by atoms with E-state index in [2.05, 4.69) is 0 Å². The zero-order valence-electron chi connectivity index (χ0n) is 9.09. The zero-order valence-corrected chi connectivity index (χ0v) is 9.09. The van der Waals surface area contributed by atoms with Crippen molar-refractivity contribution in [1.82, 2.24) is 0 Å². The molecule has 0 aliphatic carbocycles. The molecule has 0 radical (unpaired) electrons. The highest BCUT2D eigenvalue weighted by molar-refractivity contribution is 5.79. The lowest BCUT2D eigenvalue weighted by molar-refractivity contribution is -0.131. The Morgan fingerprint density at radius 1 is 1.44 bits per heavy atom. The van der Waals surface area contributed by atoms with Gasteiger partial charge < -0.3 is 9.84 Å². The van der Waals surface area contributed by atoms with Gasteiger partial charge in [-0.3, -0.25) is 0 Å². The van der Waals surface area contributed by atoms with Gasteiger partial charge in [-0.2, -0.15) is 0 Å². The van der Waals surface area contributed by atoms with Crippen molar-refractivity contribution in [2.75, 3.05) is 6.61 Å². The number of hydrogen-bond donors (Lipinski definition) is 1. The first-order valence-electron chi connectivity index (χ1n) is 4.98. The summed E-state index contributed by atoms with van der Waals surface area (Å²) in [5.41, 5.74) is 0.980. The Morgan fingerprint density at radius 2 is 2.19 bits per heavy atom. The molecule has 0 heterocycles. The van der Waals surface area contributed by atoms with Crippen molar-refractivity contribution in [3.8, 4) is 5.75 Å². The molecule has 0 saturated heterocycles. The first kappa shape index (κ1) is 12.0. The maximum Gasteiger partial charge on any atom is 0.328 e. The van der Waals surface area contributed by atoms with E-state index in [1.165, 1.54) is 6.08 Å². The highest BCUT2D eigenvalue weighted by Crippen LogP contribution is 2.19. The molecule has 0 amide bonds. The third-order valence-electron chi connectivity index (χ3n) is 1.86. The number of rotatable bonds is 5. The molecule has 0 spiro atoms. The molecular formula is C13H14O3. The van der Waals surface area contributed by atoms with Crippen molar-refractivity contribution >= 4 is 12.0 Å². The summed E-state index contributed by atoms with van der Waals surface area (Å²) in [4.78, 5) is 10.2. The van der Waals surface area contributed by atoms with Crippen LogP contribution in [-0.4, -0.2) is 17.7 Å². The van der Waals surface area contributed by atoms with Crippen LogP contribution in [0.4, 0.5) is 0 Å². The van der Waals surface area contributed by atoms with Crippen LogP contribution in [0.2, 0.25) is 0 Å². The Morgan fingerprint density at radius 3 is 2.88 bits per heavy atom. The van der Waals surface area contributed by atoms with Crippen LogP contribution in [0.1, 0.15) is 12.5 Å². The third kappa shape index (κ3) is 4.00. The van der Waals surface area contributed by atoms with Crippen LogP contribution in [-0.2, 0) is 4.79 Å². The Labute approximate surface area is 94.7 Å². The quantitative estimate of drug-likeness (QED) is 0.773. The van der Waals surface area contributed by atoms with E-state index >= 15 is 0 Å². The van der Waals surface area contributed by atoms with E-state index in [1.54, 1.807) is 0 Å². The average Bonchev–Trinajstić information content (AvgIpc) is 2.26. The van der Waals surface area contributed by atoms with Gasteiger partial charge in [-0.25, -0.2) is 4.79 Å². The summed E-state index contributed by atoms with van der Waals surface area (Å²) in [6.07, 6.45) is 6.40. The molecule has 0 fully saturated rings. The third-order valence-corrected chi connectivity index (χ3v) is 1.86. The summed E-state index contributed by atoms with van der Waals surface area (Å²) in [5.74, 6) is -0.221. The molecule has 0 aliphatic heterocycles. The minimum atomic E-state index is -0.967. The fourth-order valence-electron chi connectivity index (χ4n) is 1.22. The molecule has 16 heavy (non-hydrogen) atoms. The molecular weight excluding hydrogens is 204 g/mol. The second kappa shape index (κ2) is 6.45. The Bertz CT molecular complexity index is 405. The molecule has 0 unspecified atom stereocenters. The first-order chi connectivity index (χ1) is 7.74. The SMILES string of the molecule is CC=Cc1ccccc1OCC=CC(=O)O. The van der Waals surface area contributed by atoms with Crippen molar-refractivity contribution in [2.45, 2.75) is 6.92 Å². The summed E-state index contributed by atoms with van der Waals surface area (Å²) in [7, 11) is 0. The summed E-state index contributed by atoms with van der Waals surface area (Å²) < 4.78 is 5.44. The number of aliphatic carboxylic acids is 1. The van der Waals surface area contributed by atoms with E-state index in [-0.39, 0.29) is 6.61 Å². The van der Waals surface area contributed by atoms with E-state index in [9.17, 15) is 4.79 Å². The number of ether oxygens (including phenoxy) is 1. The average molecular weight is 218 g/mol. The molecule has 0 saturated carbocycles. The van der Waals surface area contributed by atoms with Crippen LogP contribution in [0.5, 0.6) is 5.75 Å². The van der Waals surface area contributed by atoms with Gasteiger partial charge in [0, 0.05) is 11.6 Å². The van der Waals surface area contributed by atoms with Crippen molar-refractivity contribution in [2.24, 2.45) is 0 Å². The van der Waals surface area contributed by atoms with Gasteiger partial charge >= 0.3 is 5.97 Å².